The maximum atomic E-state index is 14.0. The van der Waals surface area contributed by atoms with Gasteiger partial charge in [-0.25, -0.2) is 13.8 Å². The maximum Gasteiger partial charge on any atom is 0.242 e. The van der Waals surface area contributed by atoms with Crippen molar-refractivity contribution in [2.24, 2.45) is 5.73 Å². The van der Waals surface area contributed by atoms with E-state index >= 15 is 0 Å². The lowest BCUT2D eigenvalue weighted by Gasteiger charge is -2.14. The van der Waals surface area contributed by atoms with Crippen LogP contribution in [0.2, 0.25) is 5.02 Å². The van der Waals surface area contributed by atoms with Crippen molar-refractivity contribution in [1.82, 2.24) is 9.38 Å². The van der Waals surface area contributed by atoms with Crippen LogP contribution in [0.25, 0.3) is 5.65 Å². The highest BCUT2D eigenvalue weighted by molar-refractivity contribution is 6.30. The summed E-state index contributed by atoms with van der Waals surface area (Å²) in [7, 11) is 0. The number of aromatic nitrogens is 2. The minimum Gasteiger partial charge on any atom is -0.485 e. The quantitative estimate of drug-likeness (QED) is 0.388. The van der Waals surface area contributed by atoms with Gasteiger partial charge in [0.2, 0.25) is 5.91 Å². The molecule has 3 N–H and O–H groups in total. The van der Waals surface area contributed by atoms with Crippen LogP contribution in [0.3, 0.4) is 0 Å². The Morgan fingerprint density at radius 3 is 2.53 bits per heavy atom. The molecular weight excluding hydrogens is 462 g/mol. The van der Waals surface area contributed by atoms with Crippen molar-refractivity contribution in [3.63, 3.8) is 0 Å². The average Bonchev–Trinajstić information content (AvgIpc) is 3.10. The summed E-state index contributed by atoms with van der Waals surface area (Å²) in [5, 5.41) is 3.45. The highest BCUT2D eigenvalue weighted by Gasteiger charge is 2.20. The summed E-state index contributed by atoms with van der Waals surface area (Å²) in [5.74, 6) is -0.984. The van der Waals surface area contributed by atoms with Crippen LogP contribution in [-0.4, -0.2) is 21.3 Å². The van der Waals surface area contributed by atoms with Gasteiger partial charge in [-0.15, -0.1) is 0 Å². The van der Waals surface area contributed by atoms with Gasteiger partial charge < -0.3 is 15.8 Å². The van der Waals surface area contributed by atoms with E-state index in [1.54, 1.807) is 35.7 Å². The number of rotatable bonds is 7. The molecule has 0 radical (unpaired) electrons. The van der Waals surface area contributed by atoms with E-state index < -0.39 is 17.7 Å². The summed E-state index contributed by atoms with van der Waals surface area (Å²) < 4.78 is 35.4. The second kappa shape index (κ2) is 9.79. The smallest absolute Gasteiger partial charge is 0.242 e. The molecule has 0 fully saturated rings. The fraction of sp³-hybridized carbons (Fsp3) is 0.200. The number of pyridine rings is 1. The molecule has 34 heavy (non-hydrogen) atoms. The van der Waals surface area contributed by atoms with Gasteiger partial charge in [0.25, 0.3) is 0 Å². The third-order valence-electron chi connectivity index (χ3n) is 5.38. The Hall–Kier alpha value is -3.49. The SMILES string of the molecule is Cc1cc(OCc2c(F)cccc2F)c2nc(C)c(NC(=O)C(N)Cc3ccc(Cl)cc3)n2c1. The number of ether oxygens (including phenoxy) is 1. The van der Waals surface area contributed by atoms with Crippen molar-refractivity contribution in [2.75, 3.05) is 5.32 Å². The predicted octanol–water partition coefficient (Wildman–Crippen LogP) is 4.97. The first-order valence-electron chi connectivity index (χ1n) is 10.6. The summed E-state index contributed by atoms with van der Waals surface area (Å²) in [6.45, 7) is 3.27. The Kier molecular flexibility index (Phi) is 6.81. The number of nitrogens with two attached hydrogens (primary N) is 1. The van der Waals surface area contributed by atoms with Crippen molar-refractivity contribution < 1.29 is 18.3 Å². The predicted molar refractivity (Wildman–Crippen MR) is 127 cm³/mol. The van der Waals surface area contributed by atoms with Crippen molar-refractivity contribution >= 4 is 29.0 Å². The molecule has 0 aliphatic heterocycles. The highest BCUT2D eigenvalue weighted by atomic mass is 35.5. The highest BCUT2D eigenvalue weighted by Crippen LogP contribution is 2.28. The zero-order valence-electron chi connectivity index (χ0n) is 18.6. The van der Waals surface area contributed by atoms with E-state index in [1.165, 1.54) is 18.2 Å². The van der Waals surface area contributed by atoms with Crippen LogP contribution in [0.5, 0.6) is 5.75 Å². The minimum absolute atomic E-state index is 0.174. The van der Waals surface area contributed by atoms with Crippen molar-refractivity contribution in [3.8, 4) is 5.75 Å². The Bertz CT molecular complexity index is 1340. The van der Waals surface area contributed by atoms with Gasteiger partial charge >= 0.3 is 0 Å². The molecule has 4 rings (SSSR count). The number of benzene rings is 2. The van der Waals surface area contributed by atoms with Gasteiger partial charge in [0.1, 0.15) is 24.1 Å². The largest absolute Gasteiger partial charge is 0.485 e. The topological polar surface area (TPSA) is 81.6 Å². The molecular formula is C25H23ClF2N4O2. The van der Waals surface area contributed by atoms with Gasteiger partial charge in [-0.1, -0.05) is 29.8 Å². The summed E-state index contributed by atoms with van der Waals surface area (Å²) in [4.78, 5) is 17.3. The minimum atomic E-state index is -0.796. The van der Waals surface area contributed by atoms with Gasteiger partial charge in [-0.2, -0.15) is 0 Å². The molecule has 1 unspecified atom stereocenters. The molecule has 0 spiro atoms. The standard InChI is InChI=1S/C25H23ClF2N4O2/c1-14-10-22(34-13-18-19(27)4-3-5-20(18)28)24-30-15(2)23(32(24)12-14)31-25(33)21(29)11-16-6-8-17(26)9-7-16/h3-10,12,21H,11,13,29H2,1-2H3,(H,31,33). The number of hydrogen-bond acceptors (Lipinski definition) is 4. The van der Waals surface area contributed by atoms with Crippen LogP contribution in [0.1, 0.15) is 22.4 Å². The first kappa shape index (κ1) is 23.7. The number of imidazole rings is 1. The van der Waals surface area contributed by atoms with Gasteiger partial charge in [0.15, 0.2) is 11.4 Å². The van der Waals surface area contributed by atoms with E-state index in [9.17, 15) is 13.6 Å². The van der Waals surface area contributed by atoms with Crippen molar-refractivity contribution in [3.05, 3.63) is 93.8 Å². The van der Waals surface area contributed by atoms with Gasteiger partial charge in [0, 0.05) is 11.2 Å². The monoisotopic (exact) mass is 484 g/mol. The van der Waals surface area contributed by atoms with E-state index in [1.807, 2.05) is 19.1 Å². The van der Waals surface area contributed by atoms with Crippen LogP contribution in [0.15, 0.2) is 54.7 Å². The molecule has 2 aromatic carbocycles. The fourth-order valence-electron chi connectivity index (χ4n) is 3.61. The maximum absolute atomic E-state index is 14.0. The number of aryl methyl sites for hydroxylation is 2. The first-order valence-corrected chi connectivity index (χ1v) is 11.0. The van der Waals surface area contributed by atoms with Gasteiger partial charge in [0.05, 0.1) is 17.3 Å². The van der Waals surface area contributed by atoms with Crippen LogP contribution >= 0.6 is 11.6 Å². The molecule has 0 saturated carbocycles. The molecule has 9 heteroatoms. The van der Waals surface area contributed by atoms with Crippen molar-refractivity contribution in [1.29, 1.82) is 0 Å². The normalized spacial score (nSPS) is 12.1. The van der Waals surface area contributed by atoms with Crippen LogP contribution in [-0.2, 0) is 17.8 Å². The molecule has 0 aliphatic rings. The number of nitrogens with one attached hydrogen (secondary N) is 1. The number of amides is 1. The van der Waals surface area contributed by atoms with E-state index in [0.29, 0.717) is 34.4 Å². The molecule has 0 aliphatic carbocycles. The molecule has 1 amide bonds. The summed E-state index contributed by atoms with van der Waals surface area (Å²) in [5.41, 5.74) is 8.58. The Morgan fingerprint density at radius 1 is 1.18 bits per heavy atom. The average molecular weight is 485 g/mol. The number of carbonyl (C=O) groups is 1. The summed E-state index contributed by atoms with van der Waals surface area (Å²) in [6.07, 6.45) is 2.12. The lowest BCUT2D eigenvalue weighted by Crippen LogP contribution is -2.37. The van der Waals surface area contributed by atoms with Gasteiger partial charge in [-0.05, 0) is 61.7 Å². The second-order valence-electron chi connectivity index (χ2n) is 8.04. The number of anilines is 1. The van der Waals surface area contributed by atoms with E-state index in [2.05, 4.69) is 10.3 Å². The molecule has 2 heterocycles. The third kappa shape index (κ3) is 5.03. The van der Waals surface area contributed by atoms with Crippen LogP contribution in [0.4, 0.5) is 14.6 Å². The first-order chi connectivity index (χ1) is 16.2. The molecule has 2 aromatic heterocycles. The fourth-order valence-corrected chi connectivity index (χ4v) is 3.74. The number of carbonyl (C=O) groups excluding carboxylic acids is 1. The zero-order valence-corrected chi connectivity index (χ0v) is 19.4. The van der Waals surface area contributed by atoms with Crippen molar-refractivity contribution in [2.45, 2.75) is 32.9 Å². The molecule has 0 bridgehead atoms. The van der Waals surface area contributed by atoms with Crippen LogP contribution in [0, 0.1) is 25.5 Å². The number of nitrogens with zero attached hydrogens (tertiary/aromatic N) is 2. The molecule has 176 valence electrons. The number of fused-ring (bicyclic) bond motifs is 1. The van der Waals surface area contributed by atoms with E-state index in [0.717, 1.165) is 11.1 Å². The van der Waals surface area contributed by atoms with Crippen LogP contribution < -0.4 is 15.8 Å². The lowest BCUT2D eigenvalue weighted by molar-refractivity contribution is -0.117. The Labute approximate surface area is 200 Å². The second-order valence-corrected chi connectivity index (χ2v) is 8.47. The zero-order chi connectivity index (χ0) is 24.4. The summed E-state index contributed by atoms with van der Waals surface area (Å²) >= 11 is 5.91. The third-order valence-corrected chi connectivity index (χ3v) is 5.63. The molecule has 6 nitrogen and oxygen atoms in total. The Morgan fingerprint density at radius 2 is 1.85 bits per heavy atom. The molecule has 0 saturated heterocycles. The molecule has 4 aromatic rings. The van der Waals surface area contributed by atoms with E-state index in [4.69, 9.17) is 22.1 Å². The number of hydrogen-bond donors (Lipinski definition) is 2. The van der Waals surface area contributed by atoms with E-state index in [-0.39, 0.29) is 18.1 Å². The molecule has 1 atom stereocenters. The van der Waals surface area contributed by atoms with Gasteiger partial charge in [-0.3, -0.25) is 9.20 Å². The Balaban J connectivity index is 1.57. The summed E-state index contributed by atoms with van der Waals surface area (Å²) in [6, 6.07) is 11.7. The number of halogens is 3. The lowest BCUT2D eigenvalue weighted by atomic mass is 10.1.